The van der Waals surface area contributed by atoms with Gasteiger partial charge in [0.2, 0.25) is 0 Å². The lowest BCUT2D eigenvalue weighted by Gasteiger charge is -2.32. The van der Waals surface area contributed by atoms with Crippen LogP contribution in [0.5, 0.6) is 0 Å². The maximum atomic E-state index is 12.2. The molecule has 1 N–H and O–H groups in total. The van der Waals surface area contributed by atoms with Crippen LogP contribution in [0.15, 0.2) is 30.0 Å². The SMILES string of the molecule is CC1=CC(OC(=O)c2cccn2C)C(O)C(C)(C)CC1. The summed E-state index contributed by atoms with van der Waals surface area (Å²) in [4.78, 5) is 12.2. The molecule has 0 fully saturated rings. The van der Waals surface area contributed by atoms with Crippen LogP contribution < -0.4 is 0 Å². The van der Waals surface area contributed by atoms with E-state index in [9.17, 15) is 9.90 Å². The number of aryl methyl sites for hydroxylation is 1. The Morgan fingerprint density at radius 3 is 2.80 bits per heavy atom. The summed E-state index contributed by atoms with van der Waals surface area (Å²) in [5.74, 6) is -0.400. The van der Waals surface area contributed by atoms with Gasteiger partial charge in [-0.3, -0.25) is 0 Å². The smallest absolute Gasteiger partial charge is 0.355 e. The normalized spacial score (nSPS) is 25.8. The van der Waals surface area contributed by atoms with E-state index >= 15 is 0 Å². The topological polar surface area (TPSA) is 51.5 Å². The lowest BCUT2D eigenvalue weighted by molar-refractivity contribution is -0.0466. The minimum Gasteiger partial charge on any atom is -0.451 e. The molecule has 0 radical (unpaired) electrons. The van der Waals surface area contributed by atoms with Crippen LogP contribution in [0.25, 0.3) is 0 Å². The van der Waals surface area contributed by atoms with E-state index < -0.39 is 18.2 Å². The lowest BCUT2D eigenvalue weighted by Crippen LogP contribution is -2.40. The fourth-order valence-corrected chi connectivity index (χ4v) is 2.52. The number of aliphatic hydroxyl groups excluding tert-OH is 1. The van der Waals surface area contributed by atoms with Crippen molar-refractivity contribution in [1.82, 2.24) is 4.57 Å². The first-order valence-corrected chi connectivity index (χ1v) is 6.99. The molecule has 2 unspecified atom stereocenters. The zero-order chi connectivity index (χ0) is 14.9. The van der Waals surface area contributed by atoms with E-state index in [0.717, 1.165) is 18.4 Å². The van der Waals surface area contributed by atoms with Crippen molar-refractivity contribution in [3.63, 3.8) is 0 Å². The average Bonchev–Trinajstić information content (AvgIpc) is 2.77. The van der Waals surface area contributed by atoms with Gasteiger partial charge < -0.3 is 14.4 Å². The first kappa shape index (κ1) is 14.9. The Morgan fingerprint density at radius 2 is 2.20 bits per heavy atom. The van der Waals surface area contributed by atoms with Crippen molar-refractivity contribution < 1.29 is 14.6 Å². The summed E-state index contributed by atoms with van der Waals surface area (Å²) in [7, 11) is 1.80. The van der Waals surface area contributed by atoms with Crippen molar-refractivity contribution in [2.75, 3.05) is 0 Å². The third-order valence-corrected chi connectivity index (χ3v) is 4.12. The van der Waals surface area contributed by atoms with Crippen molar-refractivity contribution in [3.05, 3.63) is 35.7 Å². The number of esters is 1. The maximum absolute atomic E-state index is 12.2. The summed E-state index contributed by atoms with van der Waals surface area (Å²) >= 11 is 0. The Kier molecular flexibility index (Phi) is 4.04. The Labute approximate surface area is 120 Å². The molecule has 1 aromatic rings. The number of rotatable bonds is 2. The molecular weight excluding hydrogens is 254 g/mol. The lowest BCUT2D eigenvalue weighted by atomic mass is 9.81. The molecule has 1 aromatic heterocycles. The van der Waals surface area contributed by atoms with E-state index in [1.54, 1.807) is 29.9 Å². The molecule has 4 heteroatoms. The van der Waals surface area contributed by atoms with Gasteiger partial charge in [-0.1, -0.05) is 19.4 Å². The molecule has 1 heterocycles. The number of nitrogens with zero attached hydrogens (tertiary/aromatic N) is 1. The Morgan fingerprint density at radius 1 is 1.50 bits per heavy atom. The molecule has 1 aliphatic rings. The number of allylic oxidation sites excluding steroid dienone is 1. The van der Waals surface area contributed by atoms with Crippen LogP contribution in [0, 0.1) is 5.41 Å². The molecule has 0 saturated carbocycles. The second-order valence-electron chi connectivity index (χ2n) is 6.32. The van der Waals surface area contributed by atoms with Crippen LogP contribution in [-0.4, -0.2) is 27.9 Å². The van der Waals surface area contributed by atoms with Crippen molar-refractivity contribution in [2.45, 2.75) is 45.8 Å². The molecule has 2 rings (SSSR count). The number of carbonyl (C=O) groups is 1. The van der Waals surface area contributed by atoms with Gasteiger partial charge >= 0.3 is 5.97 Å². The average molecular weight is 277 g/mol. The largest absolute Gasteiger partial charge is 0.451 e. The van der Waals surface area contributed by atoms with E-state index in [4.69, 9.17) is 4.74 Å². The van der Waals surface area contributed by atoms with E-state index in [0.29, 0.717) is 5.69 Å². The first-order chi connectivity index (χ1) is 9.31. The number of carbonyl (C=O) groups excluding carboxylic acids is 1. The summed E-state index contributed by atoms with van der Waals surface area (Å²) in [6.07, 6.45) is 4.20. The molecule has 0 aliphatic heterocycles. The van der Waals surface area contributed by atoms with Crippen LogP contribution in [0.3, 0.4) is 0 Å². The van der Waals surface area contributed by atoms with Crippen LogP contribution in [0.1, 0.15) is 44.1 Å². The second-order valence-corrected chi connectivity index (χ2v) is 6.32. The highest BCUT2D eigenvalue weighted by Gasteiger charge is 2.37. The van der Waals surface area contributed by atoms with Gasteiger partial charge in [-0.15, -0.1) is 0 Å². The van der Waals surface area contributed by atoms with E-state index in [1.165, 1.54) is 0 Å². The summed E-state index contributed by atoms with van der Waals surface area (Å²) < 4.78 is 7.24. The molecule has 0 aromatic carbocycles. The Bertz CT molecular complexity index is 528. The van der Waals surface area contributed by atoms with Gasteiger partial charge in [0.25, 0.3) is 0 Å². The summed E-state index contributed by atoms with van der Waals surface area (Å²) in [6, 6.07) is 3.51. The first-order valence-electron chi connectivity index (χ1n) is 6.99. The van der Waals surface area contributed by atoms with Gasteiger partial charge in [0.05, 0.1) is 6.10 Å². The van der Waals surface area contributed by atoms with Crippen molar-refractivity contribution >= 4 is 5.97 Å². The fourth-order valence-electron chi connectivity index (χ4n) is 2.52. The third-order valence-electron chi connectivity index (χ3n) is 4.12. The van der Waals surface area contributed by atoms with Crippen molar-refractivity contribution in [1.29, 1.82) is 0 Å². The molecule has 2 atom stereocenters. The van der Waals surface area contributed by atoms with Crippen molar-refractivity contribution in [2.24, 2.45) is 12.5 Å². The minimum absolute atomic E-state index is 0.270. The quantitative estimate of drug-likeness (QED) is 0.668. The fraction of sp³-hybridized carbons (Fsp3) is 0.562. The number of hydrogen-bond donors (Lipinski definition) is 1. The molecule has 110 valence electrons. The predicted octanol–water partition coefficient (Wildman–Crippen LogP) is 2.68. The molecule has 0 spiro atoms. The van der Waals surface area contributed by atoms with E-state index in [-0.39, 0.29) is 5.41 Å². The van der Waals surface area contributed by atoms with Gasteiger partial charge in [0.1, 0.15) is 11.8 Å². The molecular formula is C16H23NO3. The molecule has 20 heavy (non-hydrogen) atoms. The van der Waals surface area contributed by atoms with Gasteiger partial charge in [0, 0.05) is 13.2 Å². The molecule has 4 nitrogen and oxygen atoms in total. The monoisotopic (exact) mass is 277 g/mol. The highest BCUT2D eigenvalue weighted by Crippen LogP contribution is 2.35. The Hall–Kier alpha value is -1.55. The maximum Gasteiger partial charge on any atom is 0.355 e. The minimum atomic E-state index is -0.691. The highest BCUT2D eigenvalue weighted by molar-refractivity contribution is 5.88. The predicted molar refractivity (Wildman–Crippen MR) is 77.4 cm³/mol. The van der Waals surface area contributed by atoms with Gasteiger partial charge in [-0.2, -0.15) is 0 Å². The molecule has 0 saturated heterocycles. The third kappa shape index (κ3) is 2.96. The van der Waals surface area contributed by atoms with E-state index in [2.05, 4.69) is 0 Å². The van der Waals surface area contributed by atoms with Crippen LogP contribution in [-0.2, 0) is 11.8 Å². The standard InChI is InChI=1S/C16H23NO3/c1-11-7-8-16(2,3)14(18)13(10-11)20-15(19)12-6-5-9-17(12)4/h5-6,9-10,13-14,18H,7-8H2,1-4H3. The Balaban J connectivity index is 2.19. The van der Waals surface area contributed by atoms with Crippen molar-refractivity contribution in [3.8, 4) is 0 Å². The van der Waals surface area contributed by atoms with Crippen LogP contribution in [0.4, 0.5) is 0 Å². The van der Waals surface area contributed by atoms with Gasteiger partial charge in [-0.25, -0.2) is 4.79 Å². The van der Waals surface area contributed by atoms with Crippen LogP contribution >= 0.6 is 0 Å². The summed E-state index contributed by atoms with van der Waals surface area (Å²) in [5.41, 5.74) is 1.37. The number of aromatic nitrogens is 1. The summed E-state index contributed by atoms with van der Waals surface area (Å²) in [5, 5.41) is 10.5. The van der Waals surface area contributed by atoms with Gasteiger partial charge in [-0.05, 0) is 43.4 Å². The number of hydrogen-bond acceptors (Lipinski definition) is 3. The molecule has 0 amide bonds. The zero-order valence-corrected chi connectivity index (χ0v) is 12.6. The molecule has 1 aliphatic carbocycles. The van der Waals surface area contributed by atoms with Gasteiger partial charge in [0.15, 0.2) is 0 Å². The number of ether oxygens (including phenoxy) is 1. The number of aliphatic hydroxyl groups is 1. The second kappa shape index (κ2) is 5.44. The van der Waals surface area contributed by atoms with Crippen LogP contribution in [0.2, 0.25) is 0 Å². The summed E-state index contributed by atoms with van der Waals surface area (Å²) in [6.45, 7) is 6.03. The highest BCUT2D eigenvalue weighted by atomic mass is 16.6. The zero-order valence-electron chi connectivity index (χ0n) is 12.6. The van der Waals surface area contributed by atoms with E-state index in [1.807, 2.05) is 26.8 Å². The molecule has 0 bridgehead atoms.